The summed E-state index contributed by atoms with van der Waals surface area (Å²) in [6.45, 7) is 0.577. The molecule has 0 aliphatic carbocycles. The molecule has 5 heteroatoms. The number of benzene rings is 1. The summed E-state index contributed by atoms with van der Waals surface area (Å²) in [5, 5.41) is 13.1. The Kier molecular flexibility index (Phi) is 3.82. The van der Waals surface area contributed by atoms with Crippen molar-refractivity contribution in [3.63, 3.8) is 0 Å². The Bertz CT molecular complexity index is 425. The summed E-state index contributed by atoms with van der Waals surface area (Å²) in [6.07, 6.45) is -0.384. The van der Waals surface area contributed by atoms with Gasteiger partial charge in [-0.15, -0.1) is 0 Å². The van der Waals surface area contributed by atoms with E-state index in [0.717, 1.165) is 11.1 Å². The van der Waals surface area contributed by atoms with Gasteiger partial charge in [0.15, 0.2) is 5.58 Å². The van der Waals surface area contributed by atoms with Gasteiger partial charge in [0.25, 0.3) is 5.22 Å². The third-order valence-corrected chi connectivity index (χ3v) is 3.09. The number of nitrogens with one attached hydrogen (secondary N) is 1. The number of oxazole rings is 1. The average molecular weight is 238 g/mol. The maximum atomic E-state index is 9.53. The zero-order valence-electron chi connectivity index (χ0n) is 9.01. The molecule has 0 aliphatic rings. The van der Waals surface area contributed by atoms with Crippen LogP contribution in [0.4, 0.5) is 0 Å². The summed E-state index contributed by atoms with van der Waals surface area (Å²) in [7, 11) is 1.81. The minimum atomic E-state index is -0.384. The number of rotatable bonds is 5. The van der Waals surface area contributed by atoms with Crippen molar-refractivity contribution in [1.82, 2.24) is 10.3 Å². The Morgan fingerprint density at radius 1 is 1.50 bits per heavy atom. The summed E-state index contributed by atoms with van der Waals surface area (Å²) in [4.78, 5) is 4.31. The van der Waals surface area contributed by atoms with Crippen LogP contribution in [0.15, 0.2) is 33.9 Å². The van der Waals surface area contributed by atoms with Gasteiger partial charge in [-0.1, -0.05) is 23.9 Å². The van der Waals surface area contributed by atoms with E-state index in [9.17, 15) is 5.11 Å². The fourth-order valence-corrected chi connectivity index (χ4v) is 2.14. The molecule has 0 spiro atoms. The van der Waals surface area contributed by atoms with Crippen molar-refractivity contribution in [3.05, 3.63) is 24.3 Å². The molecule has 2 N–H and O–H groups in total. The molecule has 16 heavy (non-hydrogen) atoms. The lowest BCUT2D eigenvalue weighted by Gasteiger charge is -2.06. The molecule has 2 aromatic rings. The third kappa shape index (κ3) is 2.75. The van der Waals surface area contributed by atoms with Gasteiger partial charge >= 0.3 is 0 Å². The van der Waals surface area contributed by atoms with Crippen LogP contribution < -0.4 is 5.32 Å². The highest BCUT2D eigenvalue weighted by atomic mass is 32.2. The Balaban J connectivity index is 1.99. The second-order valence-corrected chi connectivity index (χ2v) is 4.44. The van der Waals surface area contributed by atoms with Gasteiger partial charge in [-0.3, -0.25) is 0 Å². The van der Waals surface area contributed by atoms with Gasteiger partial charge in [0.1, 0.15) is 5.52 Å². The molecule has 1 heterocycles. The van der Waals surface area contributed by atoms with E-state index in [1.165, 1.54) is 11.8 Å². The Labute approximate surface area is 98.1 Å². The van der Waals surface area contributed by atoms with Crippen molar-refractivity contribution >= 4 is 22.9 Å². The molecule has 1 aromatic carbocycles. The molecule has 0 aliphatic heterocycles. The van der Waals surface area contributed by atoms with Crippen LogP contribution in [0.1, 0.15) is 0 Å². The van der Waals surface area contributed by atoms with E-state index in [4.69, 9.17) is 4.42 Å². The number of hydrogen-bond donors (Lipinski definition) is 2. The van der Waals surface area contributed by atoms with E-state index in [1.54, 1.807) is 0 Å². The van der Waals surface area contributed by atoms with E-state index in [2.05, 4.69) is 10.3 Å². The van der Waals surface area contributed by atoms with Crippen LogP contribution in [0.2, 0.25) is 0 Å². The van der Waals surface area contributed by atoms with Crippen LogP contribution >= 0.6 is 11.8 Å². The summed E-state index contributed by atoms with van der Waals surface area (Å²) in [5.41, 5.74) is 1.64. The molecule has 0 saturated heterocycles. The molecule has 4 nitrogen and oxygen atoms in total. The van der Waals surface area contributed by atoms with Gasteiger partial charge in [0.2, 0.25) is 0 Å². The number of fused-ring (bicyclic) bond motifs is 1. The standard InChI is InChI=1S/C11H14N2O2S/c1-12-6-8(14)7-16-11-13-9-4-2-3-5-10(9)15-11/h2-5,8,12,14H,6-7H2,1H3. The summed E-state index contributed by atoms with van der Waals surface area (Å²) in [5.74, 6) is 0.577. The van der Waals surface area contributed by atoms with Crippen molar-refractivity contribution in [1.29, 1.82) is 0 Å². The third-order valence-electron chi connectivity index (χ3n) is 2.11. The predicted molar refractivity (Wildman–Crippen MR) is 64.7 cm³/mol. The monoisotopic (exact) mass is 238 g/mol. The molecule has 1 aromatic heterocycles. The highest BCUT2D eigenvalue weighted by Crippen LogP contribution is 2.23. The summed E-state index contributed by atoms with van der Waals surface area (Å²) in [6, 6.07) is 7.64. The smallest absolute Gasteiger partial charge is 0.256 e. The molecule has 86 valence electrons. The first-order valence-corrected chi connectivity index (χ1v) is 6.09. The van der Waals surface area contributed by atoms with Gasteiger partial charge in [0.05, 0.1) is 6.10 Å². The Morgan fingerprint density at radius 2 is 2.31 bits per heavy atom. The first kappa shape index (κ1) is 11.4. The number of likely N-dealkylation sites (N-methyl/N-ethyl adjacent to an activating group) is 1. The van der Waals surface area contributed by atoms with Gasteiger partial charge in [-0.05, 0) is 19.2 Å². The molecule has 0 radical (unpaired) electrons. The van der Waals surface area contributed by atoms with E-state index < -0.39 is 0 Å². The molecule has 0 bridgehead atoms. The second kappa shape index (κ2) is 5.34. The summed E-state index contributed by atoms with van der Waals surface area (Å²) < 4.78 is 5.52. The SMILES string of the molecule is CNCC(O)CSc1nc2ccccc2o1. The van der Waals surface area contributed by atoms with Crippen LogP contribution in [0.25, 0.3) is 11.1 Å². The first-order chi connectivity index (χ1) is 7.79. The van der Waals surface area contributed by atoms with Crippen LogP contribution in [-0.2, 0) is 0 Å². The highest BCUT2D eigenvalue weighted by Gasteiger charge is 2.08. The van der Waals surface area contributed by atoms with Gasteiger partial charge in [-0.2, -0.15) is 0 Å². The number of aliphatic hydroxyl groups excluding tert-OH is 1. The van der Waals surface area contributed by atoms with E-state index in [1.807, 2.05) is 31.3 Å². The second-order valence-electron chi connectivity index (χ2n) is 3.47. The molecule has 2 rings (SSSR count). The largest absolute Gasteiger partial charge is 0.431 e. The number of aliphatic hydroxyl groups is 1. The summed E-state index contributed by atoms with van der Waals surface area (Å²) >= 11 is 1.43. The molecular formula is C11H14N2O2S. The highest BCUT2D eigenvalue weighted by molar-refractivity contribution is 7.99. The number of thioether (sulfide) groups is 1. The fourth-order valence-electron chi connectivity index (χ4n) is 1.37. The molecular weight excluding hydrogens is 224 g/mol. The van der Waals surface area contributed by atoms with Crippen molar-refractivity contribution in [2.75, 3.05) is 19.3 Å². The lowest BCUT2D eigenvalue weighted by atomic mass is 10.3. The van der Waals surface area contributed by atoms with Crippen molar-refractivity contribution in [2.24, 2.45) is 0 Å². The van der Waals surface area contributed by atoms with Crippen LogP contribution in [0, 0.1) is 0 Å². The quantitative estimate of drug-likeness (QED) is 0.773. The zero-order valence-corrected chi connectivity index (χ0v) is 9.83. The van der Waals surface area contributed by atoms with Crippen molar-refractivity contribution < 1.29 is 9.52 Å². The van der Waals surface area contributed by atoms with Crippen LogP contribution in [0.5, 0.6) is 0 Å². The minimum Gasteiger partial charge on any atom is -0.431 e. The van der Waals surface area contributed by atoms with Crippen LogP contribution in [-0.4, -0.2) is 35.5 Å². The molecule has 0 saturated carbocycles. The minimum absolute atomic E-state index is 0.384. The number of hydrogen-bond acceptors (Lipinski definition) is 5. The number of para-hydroxylation sites is 2. The lowest BCUT2D eigenvalue weighted by molar-refractivity contribution is 0.198. The van der Waals surface area contributed by atoms with E-state index in [0.29, 0.717) is 17.5 Å². The number of aromatic nitrogens is 1. The van der Waals surface area contributed by atoms with Crippen LogP contribution in [0.3, 0.4) is 0 Å². The fraction of sp³-hybridized carbons (Fsp3) is 0.364. The maximum absolute atomic E-state index is 9.53. The van der Waals surface area contributed by atoms with Gasteiger partial charge in [-0.25, -0.2) is 4.98 Å². The van der Waals surface area contributed by atoms with E-state index in [-0.39, 0.29) is 6.10 Å². The average Bonchev–Trinajstić information content (AvgIpc) is 2.69. The normalized spacial score (nSPS) is 13.1. The molecule has 1 atom stereocenters. The Morgan fingerprint density at radius 3 is 3.06 bits per heavy atom. The topological polar surface area (TPSA) is 58.3 Å². The van der Waals surface area contributed by atoms with Crippen molar-refractivity contribution in [3.8, 4) is 0 Å². The zero-order chi connectivity index (χ0) is 11.4. The molecule has 1 unspecified atom stereocenters. The van der Waals surface area contributed by atoms with Gasteiger partial charge in [0, 0.05) is 12.3 Å². The lowest BCUT2D eigenvalue weighted by Crippen LogP contribution is -2.25. The van der Waals surface area contributed by atoms with E-state index >= 15 is 0 Å². The predicted octanol–water partition coefficient (Wildman–Crippen LogP) is 1.50. The maximum Gasteiger partial charge on any atom is 0.256 e. The van der Waals surface area contributed by atoms with Gasteiger partial charge < -0.3 is 14.8 Å². The Hall–Kier alpha value is -1.04. The number of nitrogens with zero attached hydrogens (tertiary/aromatic N) is 1. The molecule has 0 fully saturated rings. The first-order valence-electron chi connectivity index (χ1n) is 5.10. The molecule has 0 amide bonds. The van der Waals surface area contributed by atoms with Crippen molar-refractivity contribution in [2.45, 2.75) is 11.3 Å².